The highest BCUT2D eigenvalue weighted by atomic mass is 35.5. The molecule has 1 amide bonds. The number of carbonyl (C=O) groups excluding carboxylic acids is 1. The maximum absolute atomic E-state index is 14.3. The smallest absolute Gasteiger partial charge is 0.244 e. The lowest BCUT2D eigenvalue weighted by atomic mass is 10.1. The molecule has 0 aliphatic rings. The number of anilines is 1. The molecular formula is C21H15ClFN3O2. The van der Waals surface area contributed by atoms with Gasteiger partial charge in [0.25, 0.3) is 0 Å². The van der Waals surface area contributed by atoms with Gasteiger partial charge in [0, 0.05) is 33.8 Å². The van der Waals surface area contributed by atoms with E-state index < -0.39 is 5.82 Å². The van der Waals surface area contributed by atoms with Gasteiger partial charge in [0.15, 0.2) is 5.43 Å². The summed E-state index contributed by atoms with van der Waals surface area (Å²) in [7, 11) is 0. The Kier molecular flexibility index (Phi) is 4.57. The lowest BCUT2D eigenvalue weighted by Crippen LogP contribution is -2.21. The quantitative estimate of drug-likeness (QED) is 0.563. The second kappa shape index (κ2) is 7.05. The summed E-state index contributed by atoms with van der Waals surface area (Å²) in [6.07, 6.45) is 1.42. The molecule has 0 aliphatic carbocycles. The minimum atomic E-state index is -0.556. The van der Waals surface area contributed by atoms with E-state index in [1.807, 2.05) is 6.92 Å². The Hall–Kier alpha value is -3.25. The standard InChI is InChI=1S/C21H15ClFN3O2/c1-12-9-18(15-10-13(22)5-6-17(15)24-12)25-20(28)11-26-8-7-19(27)14-3-2-4-16(23)21(14)26/h2-10H,11H2,1H3,(H,24,25,28). The van der Waals surface area contributed by atoms with Gasteiger partial charge < -0.3 is 9.88 Å². The molecule has 2 aromatic carbocycles. The number of halogens is 2. The van der Waals surface area contributed by atoms with Gasteiger partial charge in [-0.1, -0.05) is 17.7 Å². The van der Waals surface area contributed by atoms with Gasteiger partial charge in [-0.25, -0.2) is 4.39 Å². The number of amides is 1. The van der Waals surface area contributed by atoms with Crippen LogP contribution in [0.2, 0.25) is 5.02 Å². The number of fused-ring (bicyclic) bond motifs is 2. The normalized spacial score (nSPS) is 11.1. The number of aromatic nitrogens is 2. The van der Waals surface area contributed by atoms with E-state index in [-0.39, 0.29) is 28.8 Å². The van der Waals surface area contributed by atoms with Crippen molar-refractivity contribution in [2.45, 2.75) is 13.5 Å². The molecule has 0 saturated carbocycles. The first-order valence-corrected chi connectivity index (χ1v) is 8.94. The van der Waals surface area contributed by atoms with E-state index in [4.69, 9.17) is 11.6 Å². The van der Waals surface area contributed by atoms with Gasteiger partial charge in [-0.2, -0.15) is 0 Å². The predicted molar refractivity (Wildman–Crippen MR) is 108 cm³/mol. The summed E-state index contributed by atoms with van der Waals surface area (Å²) in [6, 6.07) is 12.6. The largest absolute Gasteiger partial charge is 0.335 e. The third-order valence-electron chi connectivity index (χ3n) is 4.43. The number of carbonyl (C=O) groups is 1. The van der Waals surface area contributed by atoms with Crippen LogP contribution in [-0.2, 0) is 11.3 Å². The van der Waals surface area contributed by atoms with Gasteiger partial charge in [-0.3, -0.25) is 14.6 Å². The molecule has 0 aliphatic heterocycles. The number of para-hydroxylation sites is 1. The summed E-state index contributed by atoms with van der Waals surface area (Å²) >= 11 is 6.08. The van der Waals surface area contributed by atoms with Gasteiger partial charge >= 0.3 is 0 Å². The zero-order chi connectivity index (χ0) is 19.8. The number of hydrogen-bond donors (Lipinski definition) is 1. The predicted octanol–water partition coefficient (Wildman–Crippen LogP) is 4.29. The highest BCUT2D eigenvalue weighted by Gasteiger charge is 2.13. The second-order valence-electron chi connectivity index (χ2n) is 6.46. The van der Waals surface area contributed by atoms with Crippen molar-refractivity contribution in [3.05, 3.63) is 81.5 Å². The Balaban J connectivity index is 1.71. The summed E-state index contributed by atoms with van der Waals surface area (Å²) < 4.78 is 15.7. The van der Waals surface area contributed by atoms with Crippen LogP contribution in [-0.4, -0.2) is 15.5 Å². The van der Waals surface area contributed by atoms with Crippen LogP contribution in [0.25, 0.3) is 21.8 Å². The van der Waals surface area contributed by atoms with Crippen molar-refractivity contribution < 1.29 is 9.18 Å². The van der Waals surface area contributed by atoms with Crippen molar-refractivity contribution in [1.29, 1.82) is 0 Å². The first-order chi connectivity index (χ1) is 13.4. The van der Waals surface area contributed by atoms with E-state index in [1.165, 1.54) is 35.0 Å². The van der Waals surface area contributed by atoms with Crippen LogP contribution >= 0.6 is 11.6 Å². The molecule has 4 aromatic rings. The summed E-state index contributed by atoms with van der Waals surface area (Å²) in [5.41, 5.74) is 1.82. The minimum absolute atomic E-state index is 0.101. The molecule has 0 atom stereocenters. The molecule has 0 unspecified atom stereocenters. The molecule has 5 nitrogen and oxygen atoms in total. The maximum atomic E-state index is 14.3. The third-order valence-corrected chi connectivity index (χ3v) is 4.67. The number of nitrogens with zero attached hydrogens (tertiary/aromatic N) is 2. The van der Waals surface area contributed by atoms with Gasteiger partial charge in [0.2, 0.25) is 5.91 Å². The lowest BCUT2D eigenvalue weighted by molar-refractivity contribution is -0.116. The van der Waals surface area contributed by atoms with Gasteiger partial charge in [-0.05, 0) is 43.3 Å². The van der Waals surface area contributed by atoms with Crippen LogP contribution in [0.3, 0.4) is 0 Å². The van der Waals surface area contributed by atoms with E-state index in [0.29, 0.717) is 21.6 Å². The second-order valence-corrected chi connectivity index (χ2v) is 6.90. The average molecular weight is 396 g/mol. The minimum Gasteiger partial charge on any atom is -0.335 e. The first-order valence-electron chi connectivity index (χ1n) is 8.57. The van der Waals surface area contributed by atoms with E-state index in [0.717, 1.165) is 5.69 Å². The fraction of sp³-hybridized carbons (Fsp3) is 0.0952. The molecule has 2 heterocycles. The van der Waals surface area contributed by atoms with E-state index in [9.17, 15) is 14.0 Å². The van der Waals surface area contributed by atoms with Gasteiger partial charge in [0.1, 0.15) is 12.4 Å². The topological polar surface area (TPSA) is 64.0 Å². The van der Waals surface area contributed by atoms with Crippen molar-refractivity contribution in [3.8, 4) is 0 Å². The molecule has 0 saturated heterocycles. The van der Waals surface area contributed by atoms with Crippen molar-refractivity contribution in [2.24, 2.45) is 0 Å². The summed E-state index contributed by atoms with van der Waals surface area (Å²) in [4.78, 5) is 29.1. The van der Waals surface area contributed by atoms with Crippen molar-refractivity contribution in [1.82, 2.24) is 9.55 Å². The molecular weight excluding hydrogens is 381 g/mol. The third kappa shape index (κ3) is 3.34. The van der Waals surface area contributed by atoms with Crippen LogP contribution < -0.4 is 10.7 Å². The highest BCUT2D eigenvalue weighted by molar-refractivity contribution is 6.31. The first kappa shape index (κ1) is 18.1. The number of rotatable bonds is 3. The van der Waals surface area contributed by atoms with Crippen LogP contribution in [0.1, 0.15) is 5.69 Å². The summed E-state index contributed by atoms with van der Waals surface area (Å²) in [5.74, 6) is -0.917. The number of hydrogen-bond acceptors (Lipinski definition) is 3. The zero-order valence-electron chi connectivity index (χ0n) is 14.9. The Bertz CT molecular complexity index is 1300. The van der Waals surface area contributed by atoms with Crippen LogP contribution in [0, 0.1) is 12.7 Å². The molecule has 0 spiro atoms. The number of pyridine rings is 2. The molecule has 4 rings (SSSR count). The van der Waals surface area contributed by atoms with E-state index in [2.05, 4.69) is 10.3 Å². The van der Waals surface area contributed by atoms with Crippen molar-refractivity contribution in [3.63, 3.8) is 0 Å². The molecule has 0 radical (unpaired) electrons. The lowest BCUT2D eigenvalue weighted by Gasteiger charge is -2.13. The van der Waals surface area contributed by atoms with Crippen molar-refractivity contribution in [2.75, 3.05) is 5.32 Å². The average Bonchev–Trinajstić information content (AvgIpc) is 2.65. The van der Waals surface area contributed by atoms with Crippen LogP contribution in [0.5, 0.6) is 0 Å². The zero-order valence-corrected chi connectivity index (χ0v) is 15.6. The fourth-order valence-corrected chi connectivity index (χ4v) is 3.41. The van der Waals surface area contributed by atoms with Crippen LogP contribution in [0.15, 0.2) is 59.5 Å². The van der Waals surface area contributed by atoms with E-state index >= 15 is 0 Å². The number of aryl methyl sites for hydroxylation is 1. The Morgan fingerprint density at radius 3 is 2.82 bits per heavy atom. The number of benzene rings is 2. The monoisotopic (exact) mass is 395 g/mol. The molecule has 28 heavy (non-hydrogen) atoms. The highest BCUT2D eigenvalue weighted by Crippen LogP contribution is 2.26. The number of nitrogens with one attached hydrogen (secondary N) is 1. The van der Waals surface area contributed by atoms with E-state index in [1.54, 1.807) is 24.3 Å². The van der Waals surface area contributed by atoms with Gasteiger partial charge in [-0.15, -0.1) is 0 Å². The van der Waals surface area contributed by atoms with Crippen LogP contribution in [0.4, 0.5) is 10.1 Å². The summed E-state index contributed by atoms with van der Waals surface area (Å²) in [6.45, 7) is 1.68. The SMILES string of the molecule is Cc1cc(NC(=O)Cn2ccc(=O)c3cccc(F)c32)c2cc(Cl)ccc2n1. The van der Waals surface area contributed by atoms with Gasteiger partial charge in [0.05, 0.1) is 16.7 Å². The molecule has 2 aromatic heterocycles. The molecule has 140 valence electrons. The Morgan fingerprint density at radius 1 is 1.18 bits per heavy atom. The summed E-state index contributed by atoms with van der Waals surface area (Å²) in [5, 5.41) is 4.31. The molecule has 1 N–H and O–H groups in total. The fourth-order valence-electron chi connectivity index (χ4n) is 3.24. The Morgan fingerprint density at radius 2 is 2.00 bits per heavy atom. The Labute approximate surface area is 164 Å². The maximum Gasteiger partial charge on any atom is 0.244 e. The molecule has 0 fully saturated rings. The van der Waals surface area contributed by atoms with Crippen molar-refractivity contribution >= 4 is 45.0 Å². The molecule has 0 bridgehead atoms. The molecule has 7 heteroatoms.